The second-order valence-corrected chi connectivity index (χ2v) is 8.91. The van der Waals surface area contributed by atoms with Crippen molar-refractivity contribution in [3.05, 3.63) is 65.0 Å². The highest BCUT2D eigenvalue weighted by atomic mass is 19.1. The first-order valence-electron chi connectivity index (χ1n) is 10.8. The van der Waals surface area contributed by atoms with Crippen LogP contribution in [0.2, 0.25) is 0 Å². The summed E-state index contributed by atoms with van der Waals surface area (Å²) in [6, 6.07) is 10.4. The summed E-state index contributed by atoms with van der Waals surface area (Å²) in [5, 5.41) is 6.16. The average Bonchev–Trinajstić information content (AvgIpc) is 3.35. The van der Waals surface area contributed by atoms with E-state index in [0.29, 0.717) is 16.8 Å². The Bertz CT molecular complexity index is 1200. The Kier molecular flexibility index (Phi) is 4.82. The quantitative estimate of drug-likeness (QED) is 0.593. The minimum atomic E-state index is -1.42. The van der Waals surface area contributed by atoms with E-state index < -0.39 is 52.9 Å². The molecule has 33 heavy (non-hydrogen) atoms. The normalized spacial score (nSPS) is 27.8. The van der Waals surface area contributed by atoms with Crippen molar-refractivity contribution in [2.45, 2.75) is 37.9 Å². The third kappa shape index (κ3) is 3.06. The summed E-state index contributed by atoms with van der Waals surface area (Å²) in [5.74, 6) is -4.01. The summed E-state index contributed by atoms with van der Waals surface area (Å²) in [6.45, 7) is 1.84. The summed E-state index contributed by atoms with van der Waals surface area (Å²) in [6.07, 6.45) is 0.231. The van der Waals surface area contributed by atoms with E-state index >= 15 is 0 Å². The number of amides is 4. The summed E-state index contributed by atoms with van der Waals surface area (Å²) in [4.78, 5) is 53.2. The molecule has 4 N–H and O–H groups in total. The summed E-state index contributed by atoms with van der Waals surface area (Å²) >= 11 is 0. The first-order chi connectivity index (χ1) is 15.7. The van der Waals surface area contributed by atoms with Crippen LogP contribution < -0.4 is 16.4 Å². The number of nitrogens with one attached hydrogen (secondary N) is 2. The number of fused-ring (bicyclic) bond motifs is 4. The van der Waals surface area contributed by atoms with E-state index in [1.165, 1.54) is 24.3 Å². The number of nitrogens with zero attached hydrogens (tertiary/aromatic N) is 1. The van der Waals surface area contributed by atoms with Crippen molar-refractivity contribution >= 4 is 29.3 Å². The van der Waals surface area contributed by atoms with Gasteiger partial charge >= 0.3 is 0 Å². The Morgan fingerprint density at radius 1 is 1.12 bits per heavy atom. The van der Waals surface area contributed by atoms with Gasteiger partial charge in [0, 0.05) is 23.7 Å². The molecule has 170 valence electrons. The van der Waals surface area contributed by atoms with Crippen molar-refractivity contribution in [2.24, 2.45) is 17.6 Å². The van der Waals surface area contributed by atoms with Crippen molar-refractivity contribution < 1.29 is 23.6 Å². The van der Waals surface area contributed by atoms with Gasteiger partial charge in [-0.1, -0.05) is 30.3 Å². The largest absolute Gasteiger partial charge is 0.370 e. The maximum Gasteiger partial charge on any atom is 0.250 e. The molecule has 0 aromatic heterocycles. The average molecular weight is 450 g/mol. The molecular weight excluding hydrogens is 427 g/mol. The number of carbonyl (C=O) groups excluding carboxylic acids is 4. The molecule has 9 heteroatoms. The van der Waals surface area contributed by atoms with Crippen molar-refractivity contribution in [1.82, 2.24) is 10.2 Å². The van der Waals surface area contributed by atoms with Gasteiger partial charge in [-0.25, -0.2) is 4.39 Å². The second-order valence-electron chi connectivity index (χ2n) is 8.91. The maximum absolute atomic E-state index is 13.7. The lowest BCUT2D eigenvalue weighted by Crippen LogP contribution is -2.53. The van der Waals surface area contributed by atoms with E-state index in [-0.39, 0.29) is 19.4 Å². The number of hydrogen-bond acceptors (Lipinski definition) is 5. The third-order valence-corrected chi connectivity index (χ3v) is 7.01. The number of aryl methyl sites for hydroxylation is 1. The molecule has 5 rings (SSSR count). The molecule has 8 nitrogen and oxygen atoms in total. The predicted octanol–water partition coefficient (Wildman–Crippen LogP) is 1.32. The smallest absolute Gasteiger partial charge is 0.250 e. The monoisotopic (exact) mass is 450 g/mol. The van der Waals surface area contributed by atoms with Crippen LogP contribution in [0.3, 0.4) is 0 Å². The van der Waals surface area contributed by atoms with Crippen LogP contribution in [0.4, 0.5) is 10.1 Å². The molecule has 0 saturated carbocycles. The molecule has 0 aliphatic carbocycles. The van der Waals surface area contributed by atoms with Crippen molar-refractivity contribution in [3.8, 4) is 0 Å². The van der Waals surface area contributed by atoms with E-state index in [1.54, 1.807) is 12.1 Å². The van der Waals surface area contributed by atoms with Crippen LogP contribution >= 0.6 is 0 Å². The number of benzene rings is 2. The number of imide groups is 1. The first-order valence-corrected chi connectivity index (χ1v) is 10.8. The fourth-order valence-corrected chi connectivity index (χ4v) is 5.51. The number of likely N-dealkylation sites (tertiary alicyclic amines) is 1. The lowest BCUT2D eigenvalue weighted by Gasteiger charge is -2.29. The zero-order valence-electron chi connectivity index (χ0n) is 17.9. The molecule has 0 bridgehead atoms. The van der Waals surface area contributed by atoms with Gasteiger partial charge in [0.2, 0.25) is 23.6 Å². The lowest BCUT2D eigenvalue weighted by atomic mass is 9.76. The first kappa shape index (κ1) is 21.3. The molecule has 0 radical (unpaired) electrons. The second kappa shape index (κ2) is 7.48. The molecule has 2 aromatic rings. The number of rotatable bonds is 5. The van der Waals surface area contributed by atoms with E-state index in [2.05, 4.69) is 10.6 Å². The van der Waals surface area contributed by atoms with Gasteiger partial charge in [0.1, 0.15) is 11.4 Å². The standard InChI is InChI=1S/C24H23FN4O4/c1-12-3-2-4-15-20(12)27-23(33)24(15)19-18(16(28-24)9-10-17(26)30)21(31)29(22(19)32)11-13-5-7-14(25)8-6-13/h2-8,16,18-19,28H,9-11H2,1H3,(H2,26,30)(H,27,33)/t16-,18+,19-,24-/m0/s1. The Morgan fingerprint density at radius 3 is 2.55 bits per heavy atom. The highest BCUT2D eigenvalue weighted by Gasteiger charge is 2.70. The zero-order chi connectivity index (χ0) is 23.5. The van der Waals surface area contributed by atoms with Crippen LogP contribution in [0, 0.1) is 24.6 Å². The Hall–Kier alpha value is -3.59. The number of nitrogens with two attached hydrogens (primary N) is 1. The number of para-hydroxylation sites is 1. The summed E-state index contributed by atoms with van der Waals surface area (Å²) < 4.78 is 13.3. The number of anilines is 1. The molecule has 4 atom stereocenters. The van der Waals surface area contributed by atoms with Crippen LogP contribution in [0.25, 0.3) is 0 Å². The zero-order valence-corrected chi connectivity index (χ0v) is 17.9. The van der Waals surface area contributed by atoms with Crippen LogP contribution in [-0.2, 0) is 31.3 Å². The fourth-order valence-electron chi connectivity index (χ4n) is 5.51. The number of halogens is 1. The SMILES string of the molecule is Cc1cccc2c1NC(=O)[C@]21N[C@@H](CCC(N)=O)[C@H]2C(=O)N(Cc3ccc(F)cc3)C(=O)[C@H]21. The molecule has 4 amide bonds. The van der Waals surface area contributed by atoms with Crippen molar-refractivity contribution in [1.29, 1.82) is 0 Å². The molecule has 2 fully saturated rings. The third-order valence-electron chi connectivity index (χ3n) is 7.01. The Balaban J connectivity index is 1.58. The number of carbonyl (C=O) groups is 4. The molecule has 3 aliphatic rings. The highest BCUT2D eigenvalue weighted by Crippen LogP contribution is 2.54. The summed E-state index contributed by atoms with van der Waals surface area (Å²) in [5.41, 5.74) is 6.61. The fraction of sp³-hybridized carbons (Fsp3) is 0.333. The summed E-state index contributed by atoms with van der Waals surface area (Å²) in [7, 11) is 0. The minimum absolute atomic E-state index is 0.0126. The van der Waals surface area contributed by atoms with Gasteiger partial charge in [-0.05, 0) is 36.6 Å². The van der Waals surface area contributed by atoms with Gasteiger partial charge in [-0.2, -0.15) is 0 Å². The molecule has 3 heterocycles. The Labute approximate surface area is 189 Å². The van der Waals surface area contributed by atoms with Gasteiger partial charge < -0.3 is 11.1 Å². The number of hydrogen-bond donors (Lipinski definition) is 3. The topological polar surface area (TPSA) is 122 Å². The van der Waals surface area contributed by atoms with Gasteiger partial charge in [0.15, 0.2) is 0 Å². The van der Waals surface area contributed by atoms with Crippen LogP contribution in [0.1, 0.15) is 29.5 Å². The van der Waals surface area contributed by atoms with Crippen LogP contribution in [0.15, 0.2) is 42.5 Å². The minimum Gasteiger partial charge on any atom is -0.370 e. The van der Waals surface area contributed by atoms with Gasteiger partial charge in [-0.15, -0.1) is 0 Å². The van der Waals surface area contributed by atoms with Gasteiger partial charge in [0.05, 0.1) is 18.4 Å². The van der Waals surface area contributed by atoms with E-state index in [0.717, 1.165) is 10.5 Å². The molecule has 1 spiro atoms. The van der Waals surface area contributed by atoms with Crippen LogP contribution in [-0.4, -0.2) is 34.6 Å². The van der Waals surface area contributed by atoms with E-state index in [4.69, 9.17) is 5.73 Å². The highest BCUT2D eigenvalue weighted by molar-refractivity contribution is 6.15. The van der Waals surface area contributed by atoms with E-state index in [9.17, 15) is 23.6 Å². The molecule has 2 aromatic carbocycles. The molecule has 3 aliphatic heterocycles. The molecule has 0 unspecified atom stereocenters. The number of primary amides is 1. The van der Waals surface area contributed by atoms with Crippen molar-refractivity contribution in [3.63, 3.8) is 0 Å². The lowest BCUT2D eigenvalue weighted by molar-refractivity contribution is -0.143. The van der Waals surface area contributed by atoms with Gasteiger partial charge in [-0.3, -0.25) is 29.4 Å². The molecular formula is C24H23FN4O4. The molecule has 2 saturated heterocycles. The van der Waals surface area contributed by atoms with E-state index in [1.807, 2.05) is 13.0 Å². The maximum atomic E-state index is 13.7. The van der Waals surface area contributed by atoms with Gasteiger partial charge in [0.25, 0.3) is 0 Å². The Morgan fingerprint density at radius 2 is 1.85 bits per heavy atom. The van der Waals surface area contributed by atoms with Crippen LogP contribution in [0.5, 0.6) is 0 Å². The van der Waals surface area contributed by atoms with Crippen molar-refractivity contribution in [2.75, 3.05) is 5.32 Å². The predicted molar refractivity (Wildman–Crippen MR) is 116 cm³/mol.